The van der Waals surface area contributed by atoms with Crippen LogP contribution in [0.1, 0.15) is 17.5 Å². The molecule has 1 aromatic carbocycles. The highest BCUT2D eigenvalue weighted by molar-refractivity contribution is 7.99. The van der Waals surface area contributed by atoms with E-state index >= 15 is 0 Å². The predicted molar refractivity (Wildman–Crippen MR) is 80.3 cm³/mol. The highest BCUT2D eigenvalue weighted by atomic mass is 32.2. The molecule has 2 heterocycles. The summed E-state index contributed by atoms with van der Waals surface area (Å²) in [5.74, 6) is 2.54. The number of nitrogens with zero attached hydrogens (tertiary/aromatic N) is 2. The number of hydrogen-bond donors (Lipinski definition) is 1. The van der Waals surface area contributed by atoms with Gasteiger partial charge in [-0.3, -0.25) is 4.68 Å². The lowest BCUT2D eigenvalue weighted by Gasteiger charge is -2.09. The Hall–Kier alpha value is -1.26. The fourth-order valence-corrected chi connectivity index (χ4v) is 3.50. The average molecular weight is 273 g/mol. The van der Waals surface area contributed by atoms with Crippen molar-refractivity contribution in [2.75, 3.05) is 11.5 Å². The molecule has 3 nitrogen and oxygen atoms in total. The van der Waals surface area contributed by atoms with Gasteiger partial charge in [0, 0.05) is 30.1 Å². The summed E-state index contributed by atoms with van der Waals surface area (Å²) < 4.78 is 2.01. The number of hydrogen-bond acceptors (Lipinski definition) is 3. The molecule has 0 bridgehead atoms. The Balaban J connectivity index is 1.54. The van der Waals surface area contributed by atoms with E-state index in [-0.39, 0.29) is 0 Å². The smallest absolute Gasteiger partial charge is 0.0659 e. The third-order valence-corrected chi connectivity index (χ3v) is 4.56. The van der Waals surface area contributed by atoms with Gasteiger partial charge < -0.3 is 5.32 Å². The molecule has 4 heteroatoms. The molecule has 1 fully saturated rings. The molecule has 2 aromatic rings. The largest absolute Gasteiger partial charge is 0.309 e. The van der Waals surface area contributed by atoms with Crippen molar-refractivity contribution in [1.82, 2.24) is 15.1 Å². The zero-order chi connectivity index (χ0) is 12.9. The van der Waals surface area contributed by atoms with Crippen LogP contribution in [0.4, 0.5) is 0 Å². The number of nitrogens with one attached hydrogen (secondary N) is 1. The van der Waals surface area contributed by atoms with Gasteiger partial charge in [-0.15, -0.1) is 0 Å². The van der Waals surface area contributed by atoms with Crippen LogP contribution in [-0.2, 0) is 13.1 Å². The van der Waals surface area contributed by atoms with E-state index in [0.717, 1.165) is 13.1 Å². The molecular formula is C15H19N3S. The summed E-state index contributed by atoms with van der Waals surface area (Å²) in [7, 11) is 0. The first kappa shape index (κ1) is 12.8. The number of benzene rings is 1. The van der Waals surface area contributed by atoms with E-state index in [1.54, 1.807) is 0 Å². The third kappa shape index (κ3) is 3.61. The molecule has 1 aromatic heterocycles. The summed E-state index contributed by atoms with van der Waals surface area (Å²) >= 11 is 2.04. The van der Waals surface area contributed by atoms with Crippen molar-refractivity contribution in [1.29, 1.82) is 0 Å². The van der Waals surface area contributed by atoms with Gasteiger partial charge in [0.2, 0.25) is 0 Å². The van der Waals surface area contributed by atoms with Crippen LogP contribution in [-0.4, -0.2) is 27.3 Å². The fourth-order valence-electron chi connectivity index (χ4n) is 2.31. The van der Waals surface area contributed by atoms with Crippen molar-refractivity contribution >= 4 is 11.8 Å². The van der Waals surface area contributed by atoms with Gasteiger partial charge in [0.15, 0.2) is 0 Å². The zero-order valence-corrected chi connectivity index (χ0v) is 11.8. The fraction of sp³-hybridized carbons (Fsp3) is 0.400. The topological polar surface area (TPSA) is 29.9 Å². The van der Waals surface area contributed by atoms with Crippen molar-refractivity contribution in [2.24, 2.45) is 0 Å². The third-order valence-electron chi connectivity index (χ3n) is 3.40. The number of rotatable bonds is 5. The molecular weight excluding hydrogens is 254 g/mol. The minimum absolute atomic E-state index is 0.683. The molecule has 100 valence electrons. The van der Waals surface area contributed by atoms with Gasteiger partial charge in [0.1, 0.15) is 0 Å². The molecule has 1 N–H and O–H groups in total. The first-order valence-corrected chi connectivity index (χ1v) is 7.92. The lowest BCUT2D eigenvalue weighted by molar-refractivity contribution is 0.557. The molecule has 19 heavy (non-hydrogen) atoms. The molecule has 0 radical (unpaired) electrons. The van der Waals surface area contributed by atoms with Crippen LogP contribution >= 0.6 is 11.8 Å². The Morgan fingerprint density at radius 1 is 1.26 bits per heavy atom. The van der Waals surface area contributed by atoms with Gasteiger partial charge in [0.25, 0.3) is 0 Å². The summed E-state index contributed by atoms with van der Waals surface area (Å²) in [6.45, 7) is 1.78. The Kier molecular flexibility index (Phi) is 4.20. The van der Waals surface area contributed by atoms with Crippen LogP contribution in [0.25, 0.3) is 0 Å². The summed E-state index contributed by atoms with van der Waals surface area (Å²) in [5.41, 5.74) is 2.56. The normalized spacial score (nSPS) is 18.8. The van der Waals surface area contributed by atoms with Crippen molar-refractivity contribution in [3.63, 3.8) is 0 Å². The van der Waals surface area contributed by atoms with Crippen molar-refractivity contribution in [2.45, 2.75) is 25.6 Å². The molecule has 3 rings (SSSR count). The maximum Gasteiger partial charge on any atom is 0.0659 e. The molecule has 0 spiro atoms. The summed E-state index contributed by atoms with van der Waals surface area (Å²) in [6, 6.07) is 11.1. The minimum atomic E-state index is 0.683. The van der Waals surface area contributed by atoms with Crippen LogP contribution in [0.5, 0.6) is 0 Å². The standard InChI is InChI=1S/C15H19N3S/c1-2-4-13(5-3-1)10-18-11-14(9-17-18)8-16-15-6-7-19-12-15/h1-5,9,11,15-16H,6-8,10,12H2. The van der Waals surface area contributed by atoms with E-state index in [2.05, 4.69) is 40.9 Å². The molecule has 0 aliphatic carbocycles. The monoisotopic (exact) mass is 273 g/mol. The van der Waals surface area contributed by atoms with Crippen LogP contribution in [0.3, 0.4) is 0 Å². The zero-order valence-electron chi connectivity index (χ0n) is 11.0. The molecule has 1 atom stereocenters. The minimum Gasteiger partial charge on any atom is -0.309 e. The van der Waals surface area contributed by atoms with Gasteiger partial charge in [-0.2, -0.15) is 16.9 Å². The maximum absolute atomic E-state index is 4.43. The van der Waals surface area contributed by atoms with Gasteiger partial charge >= 0.3 is 0 Å². The molecule has 1 aliphatic rings. The van der Waals surface area contributed by atoms with Crippen molar-refractivity contribution in [3.05, 3.63) is 53.9 Å². The van der Waals surface area contributed by atoms with E-state index in [1.165, 1.54) is 29.1 Å². The number of thioether (sulfide) groups is 1. The molecule has 1 saturated heterocycles. The molecule has 1 aliphatic heterocycles. The summed E-state index contributed by atoms with van der Waals surface area (Å²) in [6.07, 6.45) is 5.41. The van der Waals surface area contributed by atoms with E-state index in [0.29, 0.717) is 6.04 Å². The predicted octanol–water partition coefficient (Wildman–Crippen LogP) is 2.53. The van der Waals surface area contributed by atoms with Crippen LogP contribution in [0, 0.1) is 0 Å². The Morgan fingerprint density at radius 2 is 2.16 bits per heavy atom. The van der Waals surface area contributed by atoms with Crippen molar-refractivity contribution in [3.8, 4) is 0 Å². The first-order valence-electron chi connectivity index (χ1n) is 6.76. The molecule has 0 saturated carbocycles. The highest BCUT2D eigenvalue weighted by Crippen LogP contribution is 2.17. The van der Waals surface area contributed by atoms with Crippen LogP contribution < -0.4 is 5.32 Å². The molecule has 1 unspecified atom stereocenters. The quantitative estimate of drug-likeness (QED) is 0.908. The van der Waals surface area contributed by atoms with E-state index < -0.39 is 0 Å². The Morgan fingerprint density at radius 3 is 2.95 bits per heavy atom. The second-order valence-electron chi connectivity index (χ2n) is 4.97. The van der Waals surface area contributed by atoms with Crippen LogP contribution in [0.15, 0.2) is 42.7 Å². The average Bonchev–Trinajstić information content (AvgIpc) is 3.09. The molecule has 0 amide bonds. The van der Waals surface area contributed by atoms with Gasteiger partial charge in [-0.05, 0) is 17.7 Å². The van der Waals surface area contributed by atoms with E-state index in [9.17, 15) is 0 Å². The second-order valence-corrected chi connectivity index (χ2v) is 6.12. The summed E-state index contributed by atoms with van der Waals surface area (Å²) in [4.78, 5) is 0. The Bertz CT molecular complexity index is 503. The Labute approximate surface area is 118 Å². The summed E-state index contributed by atoms with van der Waals surface area (Å²) in [5, 5.41) is 8.03. The maximum atomic E-state index is 4.43. The lowest BCUT2D eigenvalue weighted by Crippen LogP contribution is -2.27. The highest BCUT2D eigenvalue weighted by Gasteiger charge is 2.14. The first-order chi connectivity index (χ1) is 9.40. The number of aromatic nitrogens is 2. The SMILES string of the molecule is c1ccc(Cn2cc(CNC3CCSC3)cn2)cc1. The van der Waals surface area contributed by atoms with E-state index in [1.807, 2.05) is 28.7 Å². The van der Waals surface area contributed by atoms with Gasteiger partial charge in [-0.25, -0.2) is 0 Å². The van der Waals surface area contributed by atoms with Gasteiger partial charge in [0.05, 0.1) is 12.7 Å². The van der Waals surface area contributed by atoms with Crippen LogP contribution in [0.2, 0.25) is 0 Å². The van der Waals surface area contributed by atoms with E-state index in [4.69, 9.17) is 0 Å². The van der Waals surface area contributed by atoms with Crippen molar-refractivity contribution < 1.29 is 0 Å². The lowest BCUT2D eigenvalue weighted by atomic mass is 10.2. The second kappa shape index (κ2) is 6.26. The van der Waals surface area contributed by atoms with Gasteiger partial charge in [-0.1, -0.05) is 30.3 Å².